The van der Waals surface area contributed by atoms with Crippen LogP contribution in [-0.4, -0.2) is 21.4 Å². The second-order valence-electron chi connectivity index (χ2n) is 5.17. The molecule has 6 nitrogen and oxygen atoms in total. The van der Waals surface area contributed by atoms with Crippen molar-refractivity contribution in [3.8, 4) is 5.69 Å². The highest BCUT2D eigenvalue weighted by molar-refractivity contribution is 6.02. The van der Waals surface area contributed by atoms with E-state index in [2.05, 4.69) is 9.98 Å². The van der Waals surface area contributed by atoms with Gasteiger partial charge in [-0.1, -0.05) is 12.1 Å². The van der Waals surface area contributed by atoms with Crippen LogP contribution in [0.25, 0.3) is 16.7 Å². The minimum absolute atomic E-state index is 0.151. The minimum atomic E-state index is -4.69. The number of halogens is 3. The summed E-state index contributed by atoms with van der Waals surface area (Å²) in [6.45, 7) is 0. The zero-order valence-corrected chi connectivity index (χ0v) is 12.7. The third-order valence-corrected chi connectivity index (χ3v) is 3.49. The van der Waals surface area contributed by atoms with Gasteiger partial charge in [0.25, 0.3) is 5.91 Å². The Kier molecular flexibility index (Phi) is 3.91. The van der Waals surface area contributed by atoms with Crippen molar-refractivity contribution in [3.05, 3.63) is 59.9 Å². The van der Waals surface area contributed by atoms with Crippen molar-refractivity contribution in [2.45, 2.75) is 6.18 Å². The Morgan fingerprint density at radius 1 is 1.12 bits per heavy atom. The van der Waals surface area contributed by atoms with Gasteiger partial charge in [-0.2, -0.15) is 18.2 Å². The van der Waals surface area contributed by atoms with Crippen molar-refractivity contribution >= 4 is 22.9 Å². The average Bonchev–Trinajstić information content (AvgIpc) is 2.96. The number of para-hydroxylation sites is 2. The average molecular weight is 347 g/mol. The standard InChI is InChI=1S/C16H12F3N5O/c17-16(18,19)10-7-9(14(25)23-15(20)21)5-6-12(10)24-8-22-11-3-1-2-4-13(11)24/h1-8H,(H4,20,21,23,25). The van der Waals surface area contributed by atoms with Crippen LogP contribution in [0.3, 0.4) is 0 Å². The highest BCUT2D eigenvalue weighted by Crippen LogP contribution is 2.35. The predicted octanol–water partition coefficient (Wildman–Crippen LogP) is 2.46. The lowest BCUT2D eigenvalue weighted by molar-refractivity contribution is -0.137. The summed E-state index contributed by atoms with van der Waals surface area (Å²) in [6.07, 6.45) is -3.39. The largest absolute Gasteiger partial charge is 0.418 e. The molecular weight excluding hydrogens is 335 g/mol. The smallest absolute Gasteiger partial charge is 0.370 e. The zero-order chi connectivity index (χ0) is 18.2. The van der Waals surface area contributed by atoms with E-state index in [1.54, 1.807) is 24.3 Å². The molecule has 0 radical (unpaired) electrons. The van der Waals surface area contributed by atoms with Crippen molar-refractivity contribution in [1.82, 2.24) is 9.55 Å². The van der Waals surface area contributed by atoms with Crippen LogP contribution in [0.2, 0.25) is 0 Å². The molecule has 0 aliphatic carbocycles. The molecule has 9 heteroatoms. The first-order chi connectivity index (χ1) is 11.8. The second kappa shape index (κ2) is 5.93. The lowest BCUT2D eigenvalue weighted by atomic mass is 10.1. The maximum atomic E-state index is 13.5. The van der Waals surface area contributed by atoms with Gasteiger partial charge in [0.15, 0.2) is 5.96 Å². The van der Waals surface area contributed by atoms with Gasteiger partial charge in [-0.15, -0.1) is 0 Å². The fourth-order valence-corrected chi connectivity index (χ4v) is 2.44. The number of hydrogen-bond acceptors (Lipinski definition) is 2. The second-order valence-corrected chi connectivity index (χ2v) is 5.17. The van der Waals surface area contributed by atoms with E-state index in [4.69, 9.17) is 11.5 Å². The van der Waals surface area contributed by atoms with Crippen molar-refractivity contribution in [2.75, 3.05) is 0 Å². The maximum absolute atomic E-state index is 13.5. The molecule has 1 heterocycles. The molecule has 0 saturated heterocycles. The number of nitrogens with two attached hydrogens (primary N) is 2. The van der Waals surface area contributed by atoms with Gasteiger partial charge in [-0.05, 0) is 30.3 Å². The van der Waals surface area contributed by atoms with Gasteiger partial charge in [0, 0.05) is 5.56 Å². The number of imidazole rings is 1. The number of rotatable bonds is 2. The highest BCUT2D eigenvalue weighted by Gasteiger charge is 2.35. The number of aliphatic imine (C=N–C) groups is 1. The number of carbonyl (C=O) groups excluding carboxylic acids is 1. The van der Waals surface area contributed by atoms with Crippen molar-refractivity contribution in [2.24, 2.45) is 16.5 Å². The van der Waals surface area contributed by atoms with Crippen LogP contribution in [0.5, 0.6) is 0 Å². The summed E-state index contributed by atoms with van der Waals surface area (Å²) < 4.78 is 41.9. The van der Waals surface area contributed by atoms with Crippen LogP contribution in [0.15, 0.2) is 53.8 Å². The number of fused-ring (bicyclic) bond motifs is 1. The molecule has 0 saturated carbocycles. The van der Waals surface area contributed by atoms with Crippen LogP contribution in [0.4, 0.5) is 13.2 Å². The van der Waals surface area contributed by atoms with Gasteiger partial charge in [-0.25, -0.2) is 4.98 Å². The van der Waals surface area contributed by atoms with Gasteiger partial charge in [0.05, 0.1) is 22.3 Å². The monoisotopic (exact) mass is 347 g/mol. The topological polar surface area (TPSA) is 99.3 Å². The van der Waals surface area contributed by atoms with E-state index in [-0.39, 0.29) is 11.3 Å². The molecule has 0 atom stereocenters. The summed E-state index contributed by atoms with van der Waals surface area (Å²) in [5.41, 5.74) is 9.84. The highest BCUT2D eigenvalue weighted by atomic mass is 19.4. The minimum Gasteiger partial charge on any atom is -0.370 e. The number of aromatic nitrogens is 2. The molecule has 0 unspecified atom stereocenters. The molecule has 0 aliphatic rings. The number of hydrogen-bond donors (Lipinski definition) is 2. The van der Waals surface area contributed by atoms with E-state index in [0.717, 1.165) is 6.07 Å². The Morgan fingerprint density at radius 2 is 1.84 bits per heavy atom. The molecule has 25 heavy (non-hydrogen) atoms. The van der Waals surface area contributed by atoms with E-state index >= 15 is 0 Å². The van der Waals surface area contributed by atoms with E-state index < -0.39 is 23.6 Å². The predicted molar refractivity (Wildman–Crippen MR) is 86.2 cm³/mol. The fourth-order valence-electron chi connectivity index (χ4n) is 2.44. The maximum Gasteiger partial charge on any atom is 0.418 e. The quantitative estimate of drug-likeness (QED) is 0.549. The van der Waals surface area contributed by atoms with Crippen molar-refractivity contribution in [3.63, 3.8) is 0 Å². The van der Waals surface area contributed by atoms with E-state index in [1.165, 1.54) is 23.0 Å². The lowest BCUT2D eigenvalue weighted by Gasteiger charge is -2.15. The van der Waals surface area contributed by atoms with Crippen LogP contribution in [0.1, 0.15) is 15.9 Å². The number of benzene rings is 2. The Morgan fingerprint density at radius 3 is 2.52 bits per heavy atom. The fraction of sp³-hybridized carbons (Fsp3) is 0.0625. The summed E-state index contributed by atoms with van der Waals surface area (Å²) in [4.78, 5) is 19.2. The third-order valence-electron chi connectivity index (χ3n) is 3.49. The van der Waals surface area contributed by atoms with Gasteiger partial charge >= 0.3 is 6.18 Å². The van der Waals surface area contributed by atoms with Crippen LogP contribution in [-0.2, 0) is 6.18 Å². The van der Waals surface area contributed by atoms with Gasteiger partial charge in [-0.3, -0.25) is 9.36 Å². The van der Waals surface area contributed by atoms with E-state index in [0.29, 0.717) is 11.0 Å². The van der Waals surface area contributed by atoms with E-state index in [9.17, 15) is 18.0 Å². The number of nitrogens with zero attached hydrogens (tertiary/aromatic N) is 3. The number of carbonyl (C=O) groups is 1. The molecule has 0 aliphatic heterocycles. The number of guanidine groups is 1. The molecule has 2 aromatic carbocycles. The molecule has 0 bridgehead atoms. The summed E-state index contributed by atoms with van der Waals surface area (Å²) in [7, 11) is 0. The third kappa shape index (κ3) is 3.16. The van der Waals surface area contributed by atoms with Crippen LogP contribution in [0, 0.1) is 0 Å². The summed E-state index contributed by atoms with van der Waals surface area (Å²) in [5.74, 6) is -1.48. The molecule has 1 aromatic heterocycles. The van der Waals surface area contributed by atoms with Crippen LogP contribution >= 0.6 is 0 Å². The Hall–Kier alpha value is -3.36. The Balaban J connectivity index is 2.20. The zero-order valence-electron chi connectivity index (χ0n) is 12.7. The molecule has 0 fully saturated rings. The molecule has 128 valence electrons. The van der Waals surface area contributed by atoms with Gasteiger partial charge in [0.2, 0.25) is 0 Å². The first kappa shape index (κ1) is 16.5. The molecule has 3 rings (SSSR count). The number of alkyl halides is 3. The number of amides is 1. The molecule has 1 amide bonds. The molecule has 0 spiro atoms. The molecular formula is C16H12F3N5O. The first-order valence-electron chi connectivity index (χ1n) is 7.05. The Labute approximate surface area is 139 Å². The lowest BCUT2D eigenvalue weighted by Crippen LogP contribution is -2.24. The molecule has 4 N–H and O–H groups in total. The van der Waals surface area contributed by atoms with E-state index in [1.807, 2.05) is 0 Å². The van der Waals surface area contributed by atoms with Crippen molar-refractivity contribution in [1.29, 1.82) is 0 Å². The SMILES string of the molecule is NC(N)=NC(=O)c1ccc(-n2cnc3ccccc32)c(C(F)(F)F)c1. The van der Waals surface area contributed by atoms with Gasteiger partial charge < -0.3 is 11.5 Å². The van der Waals surface area contributed by atoms with Gasteiger partial charge in [0.1, 0.15) is 6.33 Å². The summed E-state index contributed by atoms with van der Waals surface area (Å²) >= 11 is 0. The normalized spacial score (nSPS) is 11.5. The van der Waals surface area contributed by atoms with Crippen molar-refractivity contribution < 1.29 is 18.0 Å². The Bertz CT molecular complexity index is 987. The first-order valence-corrected chi connectivity index (χ1v) is 7.05. The molecule has 3 aromatic rings. The summed E-state index contributed by atoms with van der Waals surface area (Å²) in [6, 6.07) is 9.92. The summed E-state index contributed by atoms with van der Waals surface area (Å²) in [5, 5.41) is 0. The van der Waals surface area contributed by atoms with Crippen LogP contribution < -0.4 is 11.5 Å².